The van der Waals surface area contributed by atoms with Gasteiger partial charge >= 0.3 is 6.03 Å². The molecule has 1 heterocycles. The fourth-order valence-electron chi connectivity index (χ4n) is 3.39. The average Bonchev–Trinajstić information content (AvgIpc) is 3.24. The second kappa shape index (κ2) is 12.3. The van der Waals surface area contributed by atoms with Crippen LogP contribution in [0.5, 0.6) is 0 Å². The van der Waals surface area contributed by atoms with Crippen LogP contribution in [0.4, 0.5) is 16.3 Å². The number of hydrogen-bond acceptors (Lipinski definition) is 4. The summed E-state index contributed by atoms with van der Waals surface area (Å²) in [4.78, 5) is 27.5. The number of ether oxygens (including phenoxy) is 1. The quantitative estimate of drug-likeness (QED) is 0.332. The molecule has 192 valence electrons. The Morgan fingerprint density at radius 3 is 2.39 bits per heavy atom. The third-order valence-electron chi connectivity index (χ3n) is 5.32. The van der Waals surface area contributed by atoms with Gasteiger partial charge in [0.05, 0.1) is 16.4 Å². The van der Waals surface area contributed by atoms with E-state index < -0.39 is 6.03 Å². The smallest absolute Gasteiger partial charge is 0.322 e. The summed E-state index contributed by atoms with van der Waals surface area (Å²) in [5.41, 5.74) is 1.75. The number of urea groups is 1. The summed E-state index contributed by atoms with van der Waals surface area (Å²) in [6, 6.07) is 15.5. The summed E-state index contributed by atoms with van der Waals surface area (Å²) in [5.74, 6) is 0.0975. The van der Waals surface area contributed by atoms with Crippen molar-refractivity contribution in [3.05, 3.63) is 70.3 Å². The van der Waals surface area contributed by atoms with Crippen LogP contribution in [0.1, 0.15) is 32.9 Å². The number of rotatable bonds is 9. The molecule has 0 atom stereocenters. The number of methoxy groups -OCH3 is 1. The minimum absolute atomic E-state index is 0.165. The topological polar surface area (TPSA) is 88.5 Å². The third-order valence-corrected chi connectivity index (χ3v) is 5.89. The van der Waals surface area contributed by atoms with Gasteiger partial charge in [0.2, 0.25) is 5.91 Å². The normalized spacial score (nSPS) is 11.3. The summed E-state index contributed by atoms with van der Waals surface area (Å²) in [7, 11) is 1.59. The summed E-state index contributed by atoms with van der Waals surface area (Å²) >= 11 is 12.4. The van der Waals surface area contributed by atoms with Gasteiger partial charge in [-0.1, -0.05) is 56.1 Å². The summed E-state index contributed by atoms with van der Waals surface area (Å²) in [5, 5.41) is 11.5. The van der Waals surface area contributed by atoms with Gasteiger partial charge in [-0.3, -0.25) is 4.79 Å². The number of hydrogen-bond donors (Lipinski definition) is 2. The fraction of sp³-hybridized carbons (Fsp3) is 0.346. The number of carbonyl (C=O) groups excluding carboxylic acids is 2. The van der Waals surface area contributed by atoms with Crippen molar-refractivity contribution in [2.45, 2.75) is 32.6 Å². The molecule has 2 N–H and O–H groups in total. The first kappa shape index (κ1) is 27.5. The Hall–Kier alpha value is -3.07. The van der Waals surface area contributed by atoms with Crippen molar-refractivity contribution >= 4 is 46.6 Å². The maximum Gasteiger partial charge on any atom is 0.322 e. The van der Waals surface area contributed by atoms with E-state index >= 15 is 0 Å². The first-order chi connectivity index (χ1) is 17.1. The Kier molecular flexibility index (Phi) is 9.37. The molecule has 3 aromatic rings. The van der Waals surface area contributed by atoms with Crippen LogP contribution in [0.2, 0.25) is 10.0 Å². The van der Waals surface area contributed by atoms with E-state index in [9.17, 15) is 9.59 Å². The molecule has 0 saturated carbocycles. The Morgan fingerprint density at radius 1 is 1.06 bits per heavy atom. The SMILES string of the molecule is COCCCN(CC(=O)Nc1cc(C(C)(C)C)nn1-c1ccccc1Cl)C(=O)Nc1ccc(Cl)cc1. The largest absolute Gasteiger partial charge is 0.385 e. The standard InChI is InChI=1S/C26H31Cl2N5O3/c1-26(2,3)22-16-23(33(31-22)21-9-6-5-8-20(21)28)30-24(34)17-32(14-7-15-36-4)25(35)29-19-12-10-18(27)11-13-19/h5-6,8-13,16H,7,14-15,17H2,1-4H3,(H,29,35)(H,30,34). The molecule has 3 rings (SSSR count). The van der Waals surface area contributed by atoms with Crippen molar-refractivity contribution in [3.8, 4) is 5.69 Å². The molecule has 0 aliphatic rings. The van der Waals surface area contributed by atoms with E-state index in [1.54, 1.807) is 42.1 Å². The van der Waals surface area contributed by atoms with Gasteiger partial charge in [0, 0.05) is 42.5 Å². The molecule has 0 radical (unpaired) electrons. The summed E-state index contributed by atoms with van der Waals surface area (Å²) < 4.78 is 6.73. The van der Waals surface area contributed by atoms with Gasteiger partial charge in [-0.25, -0.2) is 9.48 Å². The van der Waals surface area contributed by atoms with Crippen LogP contribution in [-0.2, 0) is 14.9 Å². The molecular formula is C26H31Cl2N5O3. The predicted molar refractivity (Wildman–Crippen MR) is 144 cm³/mol. The zero-order valence-electron chi connectivity index (χ0n) is 20.8. The molecule has 0 spiro atoms. The van der Waals surface area contributed by atoms with E-state index in [4.69, 9.17) is 33.0 Å². The molecule has 36 heavy (non-hydrogen) atoms. The molecule has 10 heteroatoms. The second-order valence-corrected chi connectivity index (χ2v) is 10.1. The minimum Gasteiger partial charge on any atom is -0.385 e. The van der Waals surface area contributed by atoms with E-state index in [1.165, 1.54) is 4.90 Å². The maximum atomic E-state index is 13.1. The van der Waals surface area contributed by atoms with Gasteiger partial charge in [0.25, 0.3) is 0 Å². The average molecular weight is 532 g/mol. The van der Waals surface area contributed by atoms with Gasteiger partial charge in [-0.15, -0.1) is 0 Å². The molecule has 0 fully saturated rings. The van der Waals surface area contributed by atoms with Crippen molar-refractivity contribution in [3.63, 3.8) is 0 Å². The molecule has 0 saturated heterocycles. The lowest BCUT2D eigenvalue weighted by Gasteiger charge is -2.22. The number of halogens is 2. The zero-order chi connectivity index (χ0) is 26.3. The van der Waals surface area contributed by atoms with Gasteiger partial charge in [-0.05, 0) is 42.8 Å². The maximum absolute atomic E-state index is 13.1. The number of nitrogens with zero attached hydrogens (tertiary/aromatic N) is 3. The lowest BCUT2D eigenvalue weighted by molar-refractivity contribution is -0.116. The van der Waals surface area contributed by atoms with E-state index in [0.717, 1.165) is 5.69 Å². The van der Waals surface area contributed by atoms with Crippen molar-refractivity contribution < 1.29 is 14.3 Å². The van der Waals surface area contributed by atoms with Crippen molar-refractivity contribution in [2.24, 2.45) is 0 Å². The minimum atomic E-state index is -0.404. The molecule has 0 bridgehead atoms. The molecule has 3 amide bonds. The highest BCUT2D eigenvalue weighted by Gasteiger charge is 2.24. The van der Waals surface area contributed by atoms with Gasteiger partial charge in [0.1, 0.15) is 12.4 Å². The highest BCUT2D eigenvalue weighted by Crippen LogP contribution is 2.29. The van der Waals surface area contributed by atoms with E-state index in [-0.39, 0.29) is 17.9 Å². The van der Waals surface area contributed by atoms with Crippen LogP contribution in [0.25, 0.3) is 5.69 Å². The van der Waals surface area contributed by atoms with Crippen LogP contribution in [0.3, 0.4) is 0 Å². The number of carbonyl (C=O) groups is 2. The predicted octanol–water partition coefficient (Wildman–Crippen LogP) is 5.99. The number of anilines is 2. The Balaban J connectivity index is 1.81. The third kappa shape index (κ3) is 7.46. The lowest BCUT2D eigenvalue weighted by atomic mass is 9.92. The van der Waals surface area contributed by atoms with Crippen molar-refractivity contribution in [2.75, 3.05) is 37.4 Å². The Morgan fingerprint density at radius 2 is 1.75 bits per heavy atom. The molecule has 2 aromatic carbocycles. The van der Waals surface area contributed by atoms with E-state index in [1.807, 2.05) is 45.0 Å². The number of aromatic nitrogens is 2. The molecule has 8 nitrogen and oxygen atoms in total. The molecule has 1 aromatic heterocycles. The van der Waals surface area contributed by atoms with Crippen LogP contribution in [-0.4, -0.2) is 53.4 Å². The number of para-hydroxylation sites is 1. The molecular weight excluding hydrogens is 501 g/mol. The first-order valence-electron chi connectivity index (χ1n) is 11.5. The number of nitrogens with one attached hydrogen (secondary N) is 2. The highest BCUT2D eigenvalue weighted by atomic mass is 35.5. The summed E-state index contributed by atoms with van der Waals surface area (Å²) in [6.45, 7) is 6.74. The molecule has 0 aliphatic heterocycles. The number of amides is 3. The zero-order valence-corrected chi connectivity index (χ0v) is 22.4. The number of benzene rings is 2. The Labute approximate surface area is 221 Å². The fourth-order valence-corrected chi connectivity index (χ4v) is 3.73. The lowest BCUT2D eigenvalue weighted by Crippen LogP contribution is -2.41. The van der Waals surface area contributed by atoms with Gasteiger partial charge < -0.3 is 20.3 Å². The van der Waals surface area contributed by atoms with Crippen LogP contribution in [0, 0.1) is 0 Å². The van der Waals surface area contributed by atoms with Crippen LogP contribution >= 0.6 is 23.2 Å². The Bertz CT molecular complexity index is 1190. The van der Waals surface area contributed by atoms with E-state index in [0.29, 0.717) is 46.8 Å². The first-order valence-corrected chi connectivity index (χ1v) is 12.3. The monoisotopic (exact) mass is 531 g/mol. The molecule has 0 unspecified atom stereocenters. The van der Waals surface area contributed by atoms with Gasteiger partial charge in [-0.2, -0.15) is 5.10 Å². The van der Waals surface area contributed by atoms with Gasteiger partial charge in [0.15, 0.2) is 0 Å². The van der Waals surface area contributed by atoms with Crippen LogP contribution in [0.15, 0.2) is 54.6 Å². The summed E-state index contributed by atoms with van der Waals surface area (Å²) in [6.07, 6.45) is 0.573. The highest BCUT2D eigenvalue weighted by molar-refractivity contribution is 6.32. The van der Waals surface area contributed by atoms with Crippen LogP contribution < -0.4 is 10.6 Å². The van der Waals surface area contributed by atoms with Crippen molar-refractivity contribution in [1.29, 1.82) is 0 Å². The van der Waals surface area contributed by atoms with Crippen molar-refractivity contribution in [1.82, 2.24) is 14.7 Å². The molecule has 0 aliphatic carbocycles. The second-order valence-electron chi connectivity index (χ2n) is 9.28. The van der Waals surface area contributed by atoms with E-state index in [2.05, 4.69) is 10.6 Å².